The number of nitrogens with zero attached hydrogens (tertiary/aromatic N) is 5. The van der Waals surface area contributed by atoms with Gasteiger partial charge in [-0.05, 0) is 55.8 Å². The minimum Gasteiger partial charge on any atom is -0.497 e. The number of aromatic nitrogens is 5. The zero-order valence-corrected chi connectivity index (χ0v) is 16.1. The normalized spacial score (nSPS) is 13.8. The summed E-state index contributed by atoms with van der Waals surface area (Å²) in [6.45, 7) is 2.83. The summed E-state index contributed by atoms with van der Waals surface area (Å²) in [4.78, 5) is 8.98. The van der Waals surface area contributed by atoms with E-state index in [4.69, 9.17) is 16.3 Å². The van der Waals surface area contributed by atoms with Gasteiger partial charge in [0.15, 0.2) is 11.0 Å². The molecule has 1 aliphatic carbocycles. The van der Waals surface area contributed by atoms with Crippen LogP contribution in [0.1, 0.15) is 31.5 Å². The molecule has 1 saturated carbocycles. The molecule has 1 aliphatic rings. The van der Waals surface area contributed by atoms with Crippen LogP contribution < -0.4 is 4.74 Å². The molecule has 8 heteroatoms. The molecule has 0 radical (unpaired) electrons. The molecule has 0 spiro atoms. The lowest BCUT2D eigenvalue weighted by atomic mass is 10.2. The minimum absolute atomic E-state index is 0.451. The number of methoxy groups -OCH3 is 1. The first-order chi connectivity index (χ1) is 12.7. The first-order valence-electron chi connectivity index (χ1n) is 8.48. The van der Waals surface area contributed by atoms with Crippen LogP contribution >= 0.6 is 23.4 Å². The van der Waals surface area contributed by atoms with Crippen molar-refractivity contribution in [2.24, 2.45) is 0 Å². The Morgan fingerprint density at radius 2 is 1.96 bits per heavy atom. The third-order valence-electron chi connectivity index (χ3n) is 4.21. The molecule has 3 aromatic rings. The van der Waals surface area contributed by atoms with Gasteiger partial charge in [-0.1, -0.05) is 11.6 Å². The highest BCUT2D eigenvalue weighted by molar-refractivity contribution is 7.99. The average molecular weight is 388 g/mol. The zero-order chi connectivity index (χ0) is 18.1. The summed E-state index contributed by atoms with van der Waals surface area (Å²) in [6.07, 6.45) is 2.27. The Morgan fingerprint density at radius 1 is 1.19 bits per heavy atom. The van der Waals surface area contributed by atoms with E-state index >= 15 is 0 Å². The Bertz CT molecular complexity index is 924. The van der Waals surface area contributed by atoms with Crippen LogP contribution in [-0.4, -0.2) is 31.8 Å². The first kappa shape index (κ1) is 17.3. The SMILES string of the molecule is CCn1c(Sc2cc(Cl)nc(C3CC3)n2)nnc1-c1ccc(OC)cc1. The molecule has 134 valence electrons. The van der Waals surface area contributed by atoms with Crippen molar-refractivity contribution in [3.05, 3.63) is 41.3 Å². The van der Waals surface area contributed by atoms with Crippen molar-refractivity contribution in [1.82, 2.24) is 24.7 Å². The van der Waals surface area contributed by atoms with Crippen LogP contribution in [-0.2, 0) is 6.54 Å². The van der Waals surface area contributed by atoms with Gasteiger partial charge in [0.2, 0.25) is 0 Å². The van der Waals surface area contributed by atoms with Gasteiger partial charge >= 0.3 is 0 Å². The Labute approximate surface area is 161 Å². The van der Waals surface area contributed by atoms with Crippen molar-refractivity contribution in [2.75, 3.05) is 7.11 Å². The van der Waals surface area contributed by atoms with Gasteiger partial charge in [0.05, 0.1) is 7.11 Å². The van der Waals surface area contributed by atoms with E-state index in [1.165, 1.54) is 11.8 Å². The van der Waals surface area contributed by atoms with Gasteiger partial charge in [-0.15, -0.1) is 10.2 Å². The molecule has 1 aromatic carbocycles. The lowest BCUT2D eigenvalue weighted by molar-refractivity contribution is 0.415. The number of hydrogen-bond donors (Lipinski definition) is 0. The summed E-state index contributed by atoms with van der Waals surface area (Å²) in [5.41, 5.74) is 0.992. The number of halogens is 1. The van der Waals surface area contributed by atoms with Crippen LogP contribution in [0.5, 0.6) is 5.75 Å². The second kappa shape index (κ2) is 7.25. The van der Waals surface area contributed by atoms with Crippen molar-refractivity contribution in [1.29, 1.82) is 0 Å². The molecule has 0 saturated heterocycles. The Morgan fingerprint density at radius 3 is 2.62 bits per heavy atom. The molecule has 2 heterocycles. The quantitative estimate of drug-likeness (QED) is 0.582. The lowest BCUT2D eigenvalue weighted by Gasteiger charge is -2.08. The van der Waals surface area contributed by atoms with E-state index in [2.05, 4.69) is 31.7 Å². The largest absolute Gasteiger partial charge is 0.497 e. The maximum absolute atomic E-state index is 6.17. The van der Waals surface area contributed by atoms with Gasteiger partial charge in [0.1, 0.15) is 21.8 Å². The van der Waals surface area contributed by atoms with E-state index in [0.29, 0.717) is 11.1 Å². The van der Waals surface area contributed by atoms with Crippen molar-refractivity contribution in [2.45, 2.75) is 42.4 Å². The Balaban J connectivity index is 1.64. The molecule has 4 rings (SSSR count). The first-order valence-corrected chi connectivity index (χ1v) is 9.67. The maximum atomic E-state index is 6.17. The van der Waals surface area contributed by atoms with Crippen LogP contribution in [0, 0.1) is 0 Å². The van der Waals surface area contributed by atoms with Gasteiger partial charge in [-0.25, -0.2) is 9.97 Å². The molecule has 1 fully saturated rings. The van der Waals surface area contributed by atoms with E-state index < -0.39 is 0 Å². The molecule has 0 N–H and O–H groups in total. The fraction of sp³-hybridized carbons (Fsp3) is 0.333. The molecule has 6 nitrogen and oxygen atoms in total. The summed E-state index contributed by atoms with van der Waals surface area (Å²) in [5, 5.41) is 10.8. The number of rotatable bonds is 6. The van der Waals surface area contributed by atoms with Gasteiger partial charge < -0.3 is 9.30 Å². The predicted molar refractivity (Wildman–Crippen MR) is 101 cm³/mol. The second-order valence-electron chi connectivity index (χ2n) is 6.04. The zero-order valence-electron chi connectivity index (χ0n) is 14.5. The lowest BCUT2D eigenvalue weighted by Crippen LogP contribution is -2.00. The third-order valence-corrected chi connectivity index (χ3v) is 5.30. The van der Waals surface area contributed by atoms with Crippen molar-refractivity contribution in [3.8, 4) is 17.1 Å². The van der Waals surface area contributed by atoms with E-state index in [1.54, 1.807) is 13.2 Å². The fourth-order valence-corrected chi connectivity index (χ4v) is 3.85. The predicted octanol–water partition coefficient (Wildman–Crippen LogP) is 4.45. The van der Waals surface area contributed by atoms with E-state index in [9.17, 15) is 0 Å². The van der Waals surface area contributed by atoms with E-state index in [1.807, 2.05) is 24.3 Å². The van der Waals surface area contributed by atoms with Crippen LogP contribution in [0.2, 0.25) is 5.15 Å². The molecule has 0 amide bonds. The molecule has 26 heavy (non-hydrogen) atoms. The van der Waals surface area contributed by atoms with Crippen LogP contribution in [0.4, 0.5) is 0 Å². The Hall–Kier alpha value is -2.12. The molecule has 2 aromatic heterocycles. The summed E-state index contributed by atoms with van der Waals surface area (Å²) in [7, 11) is 1.65. The van der Waals surface area contributed by atoms with Crippen molar-refractivity contribution < 1.29 is 4.74 Å². The Kier molecular flexibility index (Phi) is 4.82. The van der Waals surface area contributed by atoms with Crippen molar-refractivity contribution in [3.63, 3.8) is 0 Å². The fourth-order valence-electron chi connectivity index (χ4n) is 2.69. The standard InChI is InChI=1S/C18H18ClN5OS/c1-3-24-17(12-6-8-13(25-2)9-7-12)22-23-18(24)26-15-10-14(19)20-16(21-15)11-4-5-11/h6-11H,3-5H2,1-2H3. The van der Waals surface area contributed by atoms with Crippen molar-refractivity contribution >= 4 is 23.4 Å². The smallest absolute Gasteiger partial charge is 0.197 e. The van der Waals surface area contributed by atoms with Gasteiger partial charge in [-0.2, -0.15) is 0 Å². The van der Waals surface area contributed by atoms with Gasteiger partial charge in [0, 0.05) is 24.1 Å². The number of benzene rings is 1. The highest BCUT2D eigenvalue weighted by atomic mass is 35.5. The molecular weight excluding hydrogens is 370 g/mol. The molecule has 0 aliphatic heterocycles. The van der Waals surface area contributed by atoms with Crippen LogP contribution in [0.25, 0.3) is 11.4 Å². The highest BCUT2D eigenvalue weighted by Gasteiger charge is 2.27. The number of hydrogen-bond acceptors (Lipinski definition) is 6. The van der Waals surface area contributed by atoms with Crippen LogP contribution in [0.3, 0.4) is 0 Å². The van der Waals surface area contributed by atoms with Crippen LogP contribution in [0.15, 0.2) is 40.5 Å². The number of ether oxygens (including phenoxy) is 1. The maximum Gasteiger partial charge on any atom is 0.197 e. The summed E-state index contributed by atoms with van der Waals surface area (Å²) in [5.74, 6) is 2.92. The van der Waals surface area contributed by atoms with E-state index in [0.717, 1.165) is 52.5 Å². The summed E-state index contributed by atoms with van der Waals surface area (Å²) < 4.78 is 7.29. The van der Waals surface area contributed by atoms with Gasteiger partial charge in [-0.3, -0.25) is 0 Å². The minimum atomic E-state index is 0.451. The molecule has 0 atom stereocenters. The summed E-state index contributed by atoms with van der Waals surface area (Å²) >= 11 is 7.64. The topological polar surface area (TPSA) is 65.7 Å². The average Bonchev–Trinajstić information content (AvgIpc) is 3.43. The second-order valence-corrected chi connectivity index (χ2v) is 7.42. The van der Waals surface area contributed by atoms with E-state index in [-0.39, 0.29) is 0 Å². The molecule has 0 bridgehead atoms. The van der Waals surface area contributed by atoms with Gasteiger partial charge in [0.25, 0.3) is 0 Å². The monoisotopic (exact) mass is 387 g/mol. The molecule has 0 unspecified atom stereocenters. The highest BCUT2D eigenvalue weighted by Crippen LogP contribution is 2.39. The molecular formula is C18H18ClN5OS. The third kappa shape index (κ3) is 3.54. The summed E-state index contributed by atoms with van der Waals surface area (Å²) in [6, 6.07) is 9.58.